The third kappa shape index (κ3) is 2.82. The van der Waals surface area contributed by atoms with Crippen molar-refractivity contribution >= 4 is 15.7 Å². The second kappa shape index (κ2) is 4.97. The van der Waals surface area contributed by atoms with Gasteiger partial charge in [-0.2, -0.15) is 0 Å². The maximum Gasteiger partial charge on any atom is 0.253 e. The van der Waals surface area contributed by atoms with Crippen LogP contribution in [0.4, 0.5) is 0 Å². The Morgan fingerprint density at radius 3 is 2.68 bits per heavy atom. The second-order valence-corrected chi connectivity index (χ2v) is 7.01. The molecule has 1 aromatic rings. The molecule has 19 heavy (non-hydrogen) atoms. The molecule has 1 fully saturated rings. The first-order valence-corrected chi connectivity index (χ1v) is 7.82. The van der Waals surface area contributed by atoms with Crippen LogP contribution in [0.15, 0.2) is 12.3 Å². The summed E-state index contributed by atoms with van der Waals surface area (Å²) in [4.78, 5) is 12.1. The number of aromatic nitrogens is 1. The molecule has 1 N–H and O–H groups in total. The lowest BCUT2D eigenvalue weighted by Crippen LogP contribution is -2.43. The van der Waals surface area contributed by atoms with Crippen LogP contribution in [0, 0.1) is 6.92 Å². The lowest BCUT2D eigenvalue weighted by molar-refractivity contribution is 0.0786. The number of nitrogens with zero attached hydrogens (tertiary/aromatic N) is 1. The van der Waals surface area contributed by atoms with Crippen molar-refractivity contribution in [2.45, 2.75) is 19.1 Å². The molecule has 6 nitrogen and oxygen atoms in total. The molecule has 2 heterocycles. The van der Waals surface area contributed by atoms with Gasteiger partial charge < -0.3 is 14.6 Å². The molecule has 0 aliphatic carbocycles. The van der Waals surface area contributed by atoms with Crippen molar-refractivity contribution < 1.29 is 17.9 Å². The third-order valence-electron chi connectivity index (χ3n) is 3.55. The Kier molecular flexibility index (Phi) is 3.69. The molecule has 0 radical (unpaired) electrons. The van der Waals surface area contributed by atoms with E-state index in [-0.39, 0.29) is 17.4 Å². The molecule has 1 amide bonds. The smallest absolute Gasteiger partial charge is 0.253 e. The Bertz CT molecular complexity index is 591. The van der Waals surface area contributed by atoms with Gasteiger partial charge in [-0.25, -0.2) is 8.42 Å². The maximum atomic E-state index is 12.1. The van der Waals surface area contributed by atoms with E-state index in [9.17, 15) is 13.2 Å². The number of rotatable bonds is 3. The predicted octanol–water partition coefficient (Wildman–Crippen LogP) is -0.125. The Morgan fingerprint density at radius 1 is 1.47 bits per heavy atom. The van der Waals surface area contributed by atoms with Crippen LogP contribution in [0.2, 0.25) is 0 Å². The lowest BCUT2D eigenvalue weighted by atomic mass is 10.2. The first-order chi connectivity index (χ1) is 8.84. The number of nitrogens with one attached hydrogen (secondary N) is 1. The van der Waals surface area contributed by atoms with Gasteiger partial charge in [-0.3, -0.25) is 4.79 Å². The van der Waals surface area contributed by atoms with Gasteiger partial charge in [-0.15, -0.1) is 0 Å². The SMILES string of the molecule is COC1CS(=O)(=O)CC1NC(=O)c1ccn(C)c1C. The van der Waals surface area contributed by atoms with Crippen LogP contribution < -0.4 is 5.32 Å². The number of ether oxygens (including phenoxy) is 1. The average Bonchev–Trinajstić information content (AvgIpc) is 2.80. The zero-order chi connectivity index (χ0) is 14.2. The molecule has 0 bridgehead atoms. The van der Waals surface area contributed by atoms with Crippen LogP contribution in [-0.4, -0.2) is 49.7 Å². The van der Waals surface area contributed by atoms with Crippen LogP contribution in [-0.2, 0) is 21.6 Å². The molecular formula is C12H18N2O4S. The highest BCUT2D eigenvalue weighted by Gasteiger charge is 2.38. The number of hydrogen-bond acceptors (Lipinski definition) is 4. The minimum absolute atomic E-state index is 0.0395. The summed E-state index contributed by atoms with van der Waals surface area (Å²) in [6, 6.07) is 1.23. The largest absolute Gasteiger partial charge is 0.378 e. The van der Waals surface area contributed by atoms with Gasteiger partial charge in [0, 0.05) is 26.0 Å². The highest BCUT2D eigenvalue weighted by molar-refractivity contribution is 7.91. The van der Waals surface area contributed by atoms with Crippen molar-refractivity contribution in [3.8, 4) is 0 Å². The van der Waals surface area contributed by atoms with Crippen molar-refractivity contribution in [3.63, 3.8) is 0 Å². The van der Waals surface area contributed by atoms with E-state index in [1.54, 1.807) is 12.3 Å². The normalized spacial score (nSPS) is 25.4. The van der Waals surface area contributed by atoms with E-state index in [0.717, 1.165) is 5.69 Å². The first-order valence-electron chi connectivity index (χ1n) is 6.00. The Morgan fingerprint density at radius 2 is 2.16 bits per heavy atom. The summed E-state index contributed by atoms with van der Waals surface area (Å²) in [7, 11) is 0.174. The fraction of sp³-hybridized carbons (Fsp3) is 0.583. The van der Waals surface area contributed by atoms with Gasteiger partial charge in [-0.1, -0.05) is 0 Å². The zero-order valence-electron chi connectivity index (χ0n) is 11.2. The summed E-state index contributed by atoms with van der Waals surface area (Å²) in [5, 5.41) is 2.75. The number of amides is 1. The van der Waals surface area contributed by atoms with Gasteiger partial charge in [0.1, 0.15) is 0 Å². The average molecular weight is 286 g/mol. The highest BCUT2D eigenvalue weighted by atomic mass is 32.2. The van der Waals surface area contributed by atoms with E-state index in [1.165, 1.54) is 7.11 Å². The molecule has 2 rings (SSSR count). The molecule has 0 spiro atoms. The number of aryl methyl sites for hydroxylation is 1. The quantitative estimate of drug-likeness (QED) is 0.840. The second-order valence-electron chi connectivity index (χ2n) is 4.86. The van der Waals surface area contributed by atoms with E-state index >= 15 is 0 Å². The van der Waals surface area contributed by atoms with Crippen LogP contribution >= 0.6 is 0 Å². The first kappa shape index (κ1) is 14.1. The Balaban J connectivity index is 2.13. The van der Waals surface area contributed by atoms with Gasteiger partial charge in [0.05, 0.1) is 29.2 Å². The zero-order valence-corrected chi connectivity index (χ0v) is 12.0. The molecule has 2 atom stereocenters. The van der Waals surface area contributed by atoms with Gasteiger partial charge in [0.15, 0.2) is 9.84 Å². The minimum Gasteiger partial charge on any atom is -0.378 e. The molecule has 106 valence electrons. The number of sulfone groups is 1. The molecule has 1 aliphatic heterocycles. The standard InChI is InChI=1S/C12H18N2O4S/c1-8-9(4-5-14(8)2)12(15)13-10-6-19(16,17)7-11(10)18-3/h4-5,10-11H,6-7H2,1-3H3,(H,13,15). The summed E-state index contributed by atoms with van der Waals surface area (Å²) in [5.41, 5.74) is 1.40. The molecule has 7 heteroatoms. The van der Waals surface area contributed by atoms with Crippen molar-refractivity contribution in [2.24, 2.45) is 7.05 Å². The van der Waals surface area contributed by atoms with Gasteiger partial charge in [0.2, 0.25) is 0 Å². The molecule has 0 saturated carbocycles. The molecule has 0 aromatic carbocycles. The molecule has 1 aromatic heterocycles. The number of carbonyl (C=O) groups is 1. The van der Waals surface area contributed by atoms with Gasteiger partial charge in [0.25, 0.3) is 5.91 Å². The maximum absolute atomic E-state index is 12.1. The van der Waals surface area contributed by atoms with Crippen LogP contribution in [0.25, 0.3) is 0 Å². The van der Waals surface area contributed by atoms with Crippen LogP contribution in [0.3, 0.4) is 0 Å². The summed E-state index contributed by atoms with van der Waals surface area (Å²) in [6.45, 7) is 1.84. The summed E-state index contributed by atoms with van der Waals surface area (Å²) in [6.07, 6.45) is 1.32. The molecular weight excluding hydrogens is 268 g/mol. The van der Waals surface area contributed by atoms with Crippen LogP contribution in [0.5, 0.6) is 0 Å². The van der Waals surface area contributed by atoms with E-state index < -0.39 is 22.0 Å². The van der Waals surface area contributed by atoms with Crippen LogP contribution in [0.1, 0.15) is 16.1 Å². The monoisotopic (exact) mass is 286 g/mol. The fourth-order valence-electron chi connectivity index (χ4n) is 2.28. The predicted molar refractivity (Wildman–Crippen MR) is 70.9 cm³/mol. The molecule has 2 unspecified atom stereocenters. The summed E-state index contributed by atoms with van der Waals surface area (Å²) >= 11 is 0. The topological polar surface area (TPSA) is 77.4 Å². The number of carbonyl (C=O) groups excluding carboxylic acids is 1. The van der Waals surface area contributed by atoms with Crippen molar-refractivity contribution in [2.75, 3.05) is 18.6 Å². The lowest BCUT2D eigenvalue weighted by Gasteiger charge is -2.18. The van der Waals surface area contributed by atoms with E-state index in [0.29, 0.717) is 5.56 Å². The highest BCUT2D eigenvalue weighted by Crippen LogP contribution is 2.17. The minimum atomic E-state index is -3.13. The van der Waals surface area contributed by atoms with Crippen molar-refractivity contribution in [1.82, 2.24) is 9.88 Å². The summed E-state index contributed by atoms with van der Waals surface area (Å²) in [5.74, 6) is -0.368. The molecule has 1 aliphatic rings. The Hall–Kier alpha value is -1.34. The number of methoxy groups -OCH3 is 1. The van der Waals surface area contributed by atoms with Crippen molar-refractivity contribution in [1.29, 1.82) is 0 Å². The summed E-state index contributed by atoms with van der Waals surface area (Å²) < 4.78 is 30.1. The van der Waals surface area contributed by atoms with E-state index in [2.05, 4.69) is 5.32 Å². The van der Waals surface area contributed by atoms with E-state index in [4.69, 9.17) is 4.74 Å². The molecule has 1 saturated heterocycles. The Labute approximate surface area is 112 Å². The number of hydrogen-bond donors (Lipinski definition) is 1. The van der Waals surface area contributed by atoms with E-state index in [1.807, 2.05) is 18.5 Å². The van der Waals surface area contributed by atoms with Gasteiger partial charge in [-0.05, 0) is 13.0 Å². The third-order valence-corrected chi connectivity index (χ3v) is 5.25. The van der Waals surface area contributed by atoms with Gasteiger partial charge >= 0.3 is 0 Å². The van der Waals surface area contributed by atoms with Crippen molar-refractivity contribution in [3.05, 3.63) is 23.5 Å². The fourth-order valence-corrected chi connectivity index (χ4v) is 4.13.